The third kappa shape index (κ3) is 5.76. The molecule has 0 saturated carbocycles. The minimum Gasteiger partial charge on any atom is -0.477 e. The fourth-order valence-corrected chi connectivity index (χ4v) is 3.72. The van der Waals surface area contributed by atoms with Gasteiger partial charge in [-0.3, -0.25) is 9.59 Å². The van der Waals surface area contributed by atoms with Crippen LogP contribution >= 0.6 is 0 Å². The van der Waals surface area contributed by atoms with Crippen LogP contribution in [0, 0.1) is 0 Å². The quantitative estimate of drug-likeness (QED) is 0.472. The van der Waals surface area contributed by atoms with Crippen LogP contribution in [0.5, 0.6) is 0 Å². The molecule has 1 aromatic heterocycles. The fourth-order valence-electron chi connectivity index (χ4n) is 2.74. The van der Waals surface area contributed by atoms with Crippen molar-refractivity contribution < 1.29 is 27.9 Å². The van der Waals surface area contributed by atoms with E-state index in [1.54, 1.807) is 36.4 Å². The van der Waals surface area contributed by atoms with Gasteiger partial charge in [0.1, 0.15) is 5.69 Å². The number of aromatic nitrogens is 1. The summed E-state index contributed by atoms with van der Waals surface area (Å²) in [6.07, 6.45) is 1.48. The summed E-state index contributed by atoms with van der Waals surface area (Å²) >= 11 is 0. The lowest BCUT2D eigenvalue weighted by Crippen LogP contribution is -2.30. The van der Waals surface area contributed by atoms with Gasteiger partial charge in [-0.25, -0.2) is 22.9 Å². The third-order valence-corrected chi connectivity index (χ3v) is 5.79. The first-order chi connectivity index (χ1) is 15.3. The number of carboxylic acids is 1. The van der Waals surface area contributed by atoms with Gasteiger partial charge in [0, 0.05) is 18.3 Å². The average molecular weight is 453 g/mol. The molecule has 0 radical (unpaired) electrons. The lowest BCUT2D eigenvalue weighted by molar-refractivity contribution is 0.0689. The van der Waals surface area contributed by atoms with E-state index in [-0.39, 0.29) is 22.1 Å². The first-order valence-corrected chi connectivity index (χ1v) is 10.9. The minimum absolute atomic E-state index is 0.0932. The SMILES string of the molecule is O=C(NCCc1ccc(S(=O)(=O)NC(=O)c2ccc(C(=O)O)nc2)cc1)c1ccccc1. The van der Waals surface area contributed by atoms with Gasteiger partial charge in [-0.15, -0.1) is 0 Å². The number of carbonyl (C=O) groups is 3. The Hall–Kier alpha value is -4.05. The first kappa shape index (κ1) is 22.6. The smallest absolute Gasteiger partial charge is 0.354 e. The van der Waals surface area contributed by atoms with Crippen molar-refractivity contribution in [2.75, 3.05) is 6.54 Å². The highest BCUT2D eigenvalue weighted by atomic mass is 32.2. The molecule has 3 aromatic rings. The molecule has 2 amide bonds. The highest BCUT2D eigenvalue weighted by Gasteiger charge is 2.19. The van der Waals surface area contributed by atoms with E-state index in [0.717, 1.165) is 17.8 Å². The molecule has 0 atom stereocenters. The summed E-state index contributed by atoms with van der Waals surface area (Å²) < 4.78 is 26.8. The average Bonchev–Trinajstić information content (AvgIpc) is 2.79. The molecule has 0 aliphatic rings. The van der Waals surface area contributed by atoms with E-state index in [2.05, 4.69) is 10.3 Å². The molecule has 3 rings (SSSR count). The molecule has 3 N–H and O–H groups in total. The second-order valence-electron chi connectivity index (χ2n) is 6.69. The van der Waals surface area contributed by atoms with E-state index in [1.165, 1.54) is 18.2 Å². The molecule has 10 heteroatoms. The predicted octanol–water partition coefficient (Wildman–Crippen LogP) is 1.87. The summed E-state index contributed by atoms with van der Waals surface area (Å²) in [5.74, 6) is -2.38. The largest absolute Gasteiger partial charge is 0.477 e. The van der Waals surface area contributed by atoms with Crippen LogP contribution in [0.15, 0.2) is 77.8 Å². The highest BCUT2D eigenvalue weighted by Crippen LogP contribution is 2.12. The van der Waals surface area contributed by atoms with Crippen molar-refractivity contribution in [2.24, 2.45) is 0 Å². The van der Waals surface area contributed by atoms with Crippen LogP contribution in [0.1, 0.15) is 36.8 Å². The summed E-state index contributed by atoms with van der Waals surface area (Å²) in [5, 5.41) is 11.6. The molecule has 164 valence electrons. The summed E-state index contributed by atoms with van der Waals surface area (Å²) in [4.78, 5) is 38.5. The molecule has 0 aliphatic heterocycles. The van der Waals surface area contributed by atoms with Gasteiger partial charge in [0.05, 0.1) is 10.5 Å². The van der Waals surface area contributed by atoms with Gasteiger partial charge in [-0.1, -0.05) is 30.3 Å². The van der Waals surface area contributed by atoms with Crippen LogP contribution < -0.4 is 10.0 Å². The Morgan fingerprint density at radius 2 is 1.53 bits per heavy atom. The van der Waals surface area contributed by atoms with E-state index in [0.29, 0.717) is 18.5 Å². The van der Waals surface area contributed by atoms with Crippen LogP contribution in [0.25, 0.3) is 0 Å². The van der Waals surface area contributed by atoms with Crippen LogP contribution in [0.3, 0.4) is 0 Å². The Morgan fingerprint density at radius 3 is 2.12 bits per heavy atom. The Labute approximate surface area is 184 Å². The highest BCUT2D eigenvalue weighted by molar-refractivity contribution is 7.90. The molecule has 0 unspecified atom stereocenters. The number of nitrogens with zero attached hydrogens (tertiary/aromatic N) is 1. The maximum Gasteiger partial charge on any atom is 0.354 e. The van der Waals surface area contributed by atoms with E-state index in [4.69, 9.17) is 5.11 Å². The number of carbonyl (C=O) groups excluding carboxylic acids is 2. The molecule has 9 nitrogen and oxygen atoms in total. The van der Waals surface area contributed by atoms with Crippen molar-refractivity contribution in [2.45, 2.75) is 11.3 Å². The molecule has 1 heterocycles. The molecule has 0 fully saturated rings. The van der Waals surface area contributed by atoms with Crippen molar-refractivity contribution in [1.29, 1.82) is 0 Å². The number of carboxylic acid groups (broad SMARTS) is 1. The predicted molar refractivity (Wildman–Crippen MR) is 115 cm³/mol. The number of pyridine rings is 1. The molecular weight excluding hydrogens is 434 g/mol. The summed E-state index contributed by atoms with van der Waals surface area (Å²) in [6, 6.07) is 17.0. The van der Waals surface area contributed by atoms with Gasteiger partial charge in [0.2, 0.25) is 0 Å². The minimum atomic E-state index is -4.13. The lowest BCUT2D eigenvalue weighted by Gasteiger charge is -2.09. The molecule has 0 spiro atoms. The topological polar surface area (TPSA) is 143 Å². The zero-order valence-electron chi connectivity index (χ0n) is 16.7. The van der Waals surface area contributed by atoms with Crippen molar-refractivity contribution in [1.82, 2.24) is 15.0 Å². The molecule has 32 heavy (non-hydrogen) atoms. The van der Waals surface area contributed by atoms with Gasteiger partial charge in [-0.05, 0) is 48.4 Å². The van der Waals surface area contributed by atoms with Gasteiger partial charge < -0.3 is 10.4 Å². The zero-order chi connectivity index (χ0) is 23.1. The van der Waals surface area contributed by atoms with Crippen LogP contribution in [-0.4, -0.2) is 42.8 Å². The zero-order valence-corrected chi connectivity index (χ0v) is 17.5. The van der Waals surface area contributed by atoms with Crippen molar-refractivity contribution >= 4 is 27.8 Å². The summed E-state index contributed by atoms with van der Waals surface area (Å²) in [5.41, 5.74) is 0.999. The van der Waals surface area contributed by atoms with Gasteiger partial charge in [-0.2, -0.15) is 0 Å². The maximum absolute atomic E-state index is 12.5. The number of hydrogen-bond donors (Lipinski definition) is 3. The van der Waals surface area contributed by atoms with Crippen molar-refractivity contribution in [3.05, 3.63) is 95.3 Å². The Morgan fingerprint density at radius 1 is 0.844 bits per heavy atom. The molecule has 0 bridgehead atoms. The number of aromatic carboxylic acids is 1. The van der Waals surface area contributed by atoms with E-state index < -0.39 is 21.9 Å². The van der Waals surface area contributed by atoms with Crippen molar-refractivity contribution in [3.63, 3.8) is 0 Å². The monoisotopic (exact) mass is 453 g/mol. The maximum atomic E-state index is 12.5. The molecule has 0 aliphatic carbocycles. The van der Waals surface area contributed by atoms with Crippen LogP contribution in [-0.2, 0) is 16.4 Å². The molecular formula is C22H19N3O6S. The van der Waals surface area contributed by atoms with Crippen LogP contribution in [0.2, 0.25) is 0 Å². The number of nitrogens with one attached hydrogen (secondary N) is 2. The fraction of sp³-hybridized carbons (Fsp3) is 0.0909. The van der Waals surface area contributed by atoms with Gasteiger partial charge in [0.15, 0.2) is 0 Å². The van der Waals surface area contributed by atoms with Gasteiger partial charge >= 0.3 is 5.97 Å². The second kappa shape index (κ2) is 9.84. The second-order valence-corrected chi connectivity index (χ2v) is 8.37. The van der Waals surface area contributed by atoms with Crippen molar-refractivity contribution in [3.8, 4) is 0 Å². The third-order valence-electron chi connectivity index (χ3n) is 4.44. The van der Waals surface area contributed by atoms with E-state index in [1.807, 2.05) is 10.8 Å². The lowest BCUT2D eigenvalue weighted by atomic mass is 10.1. The van der Waals surface area contributed by atoms with Gasteiger partial charge in [0.25, 0.3) is 21.8 Å². The van der Waals surface area contributed by atoms with Crippen LogP contribution in [0.4, 0.5) is 0 Å². The number of rotatable bonds is 8. The normalized spacial score (nSPS) is 10.9. The Kier molecular flexibility index (Phi) is 6.96. The number of hydrogen-bond acceptors (Lipinski definition) is 6. The number of sulfonamides is 1. The van der Waals surface area contributed by atoms with E-state index >= 15 is 0 Å². The molecule has 0 saturated heterocycles. The van der Waals surface area contributed by atoms with E-state index in [9.17, 15) is 22.8 Å². The summed E-state index contributed by atoms with van der Waals surface area (Å²) in [7, 11) is -4.13. The summed E-state index contributed by atoms with van der Waals surface area (Å²) in [6.45, 7) is 0.371. The number of amides is 2. The Balaban J connectivity index is 1.57. The number of benzene rings is 2. The Bertz CT molecular complexity index is 1220. The molecule has 2 aromatic carbocycles. The standard InChI is InChI=1S/C22H19N3O6S/c26-20(16-4-2-1-3-5-16)23-13-12-15-6-9-18(10-7-15)32(30,31)25-21(27)17-8-11-19(22(28)29)24-14-17/h1-11,14H,12-13H2,(H,23,26)(H,25,27)(H,28,29). The first-order valence-electron chi connectivity index (χ1n) is 9.45.